The van der Waals surface area contributed by atoms with E-state index < -0.39 is 0 Å². The molecule has 0 spiro atoms. The third kappa shape index (κ3) is 6.20. The number of ketones is 1. The van der Waals surface area contributed by atoms with Crippen molar-refractivity contribution in [3.05, 3.63) is 70.8 Å². The molecule has 0 aliphatic carbocycles. The van der Waals surface area contributed by atoms with Crippen molar-refractivity contribution in [2.24, 2.45) is 0 Å². The van der Waals surface area contributed by atoms with Crippen LogP contribution >= 0.6 is 27.5 Å². The third-order valence-corrected chi connectivity index (χ3v) is 4.01. The number of hydrogen-bond donors (Lipinski definition) is 0. The summed E-state index contributed by atoms with van der Waals surface area (Å²) in [4.78, 5) is 12.1. The second-order valence-corrected chi connectivity index (χ2v) is 6.25. The Kier molecular flexibility index (Phi) is 7.37. The molecule has 0 atom stereocenters. The molecule has 0 radical (unpaired) electrons. The Balaban J connectivity index is 1.92. The SMILES string of the molecule is O=C(C=Cc1cccc(Cl)c1)c1ccc(OCCCCBr)cc1. The predicted octanol–water partition coefficient (Wildman–Crippen LogP) is 5.79. The number of hydrogen-bond acceptors (Lipinski definition) is 2. The van der Waals surface area contributed by atoms with E-state index in [0.717, 1.165) is 29.5 Å². The van der Waals surface area contributed by atoms with Crippen molar-refractivity contribution in [1.82, 2.24) is 0 Å². The molecule has 0 aliphatic heterocycles. The smallest absolute Gasteiger partial charge is 0.185 e. The van der Waals surface area contributed by atoms with Crippen LogP contribution in [0.4, 0.5) is 0 Å². The fraction of sp³-hybridized carbons (Fsp3) is 0.211. The lowest BCUT2D eigenvalue weighted by Gasteiger charge is -2.05. The van der Waals surface area contributed by atoms with E-state index in [9.17, 15) is 4.79 Å². The highest BCUT2D eigenvalue weighted by Gasteiger charge is 2.02. The lowest BCUT2D eigenvalue weighted by atomic mass is 10.1. The quantitative estimate of drug-likeness (QED) is 0.245. The van der Waals surface area contributed by atoms with Crippen molar-refractivity contribution >= 4 is 39.4 Å². The van der Waals surface area contributed by atoms with E-state index in [1.165, 1.54) is 0 Å². The van der Waals surface area contributed by atoms with E-state index in [-0.39, 0.29) is 5.78 Å². The number of allylic oxidation sites excluding steroid dienone is 1. The number of unbranched alkanes of at least 4 members (excludes halogenated alkanes) is 1. The Labute approximate surface area is 150 Å². The fourth-order valence-corrected chi connectivity index (χ4v) is 2.58. The molecule has 2 aromatic rings. The van der Waals surface area contributed by atoms with Crippen LogP contribution in [0.1, 0.15) is 28.8 Å². The summed E-state index contributed by atoms with van der Waals surface area (Å²) < 4.78 is 5.62. The third-order valence-electron chi connectivity index (χ3n) is 3.21. The average molecular weight is 394 g/mol. The number of alkyl halides is 1. The number of carbonyl (C=O) groups is 1. The molecule has 0 fully saturated rings. The Morgan fingerprint density at radius 3 is 2.61 bits per heavy atom. The van der Waals surface area contributed by atoms with Gasteiger partial charge in [0.25, 0.3) is 0 Å². The summed E-state index contributed by atoms with van der Waals surface area (Å²) >= 11 is 9.31. The largest absolute Gasteiger partial charge is 0.494 e. The van der Waals surface area contributed by atoms with Crippen LogP contribution in [0.25, 0.3) is 6.08 Å². The van der Waals surface area contributed by atoms with Gasteiger partial charge in [-0.1, -0.05) is 45.7 Å². The Hall–Kier alpha value is -1.58. The van der Waals surface area contributed by atoms with Gasteiger partial charge in [-0.05, 0) is 60.9 Å². The fourth-order valence-electron chi connectivity index (χ4n) is 1.98. The van der Waals surface area contributed by atoms with Gasteiger partial charge in [-0.25, -0.2) is 0 Å². The van der Waals surface area contributed by atoms with Crippen LogP contribution in [0, 0.1) is 0 Å². The second-order valence-electron chi connectivity index (χ2n) is 5.02. The van der Waals surface area contributed by atoms with Crippen LogP contribution < -0.4 is 4.74 Å². The van der Waals surface area contributed by atoms with Gasteiger partial charge in [0.1, 0.15) is 5.75 Å². The minimum absolute atomic E-state index is 0.0455. The van der Waals surface area contributed by atoms with Crippen molar-refractivity contribution in [3.63, 3.8) is 0 Å². The van der Waals surface area contributed by atoms with Gasteiger partial charge < -0.3 is 4.74 Å². The van der Waals surface area contributed by atoms with Gasteiger partial charge in [0.05, 0.1) is 6.61 Å². The van der Waals surface area contributed by atoms with Crippen molar-refractivity contribution in [1.29, 1.82) is 0 Å². The average Bonchev–Trinajstić information content (AvgIpc) is 2.57. The molecule has 120 valence electrons. The van der Waals surface area contributed by atoms with Crippen LogP contribution in [0.3, 0.4) is 0 Å². The minimum atomic E-state index is -0.0455. The molecular formula is C19H18BrClO2. The Bertz CT molecular complexity index is 665. The summed E-state index contributed by atoms with van der Waals surface area (Å²) in [5.41, 5.74) is 1.54. The van der Waals surface area contributed by atoms with E-state index >= 15 is 0 Å². The van der Waals surface area contributed by atoms with Gasteiger partial charge in [-0.15, -0.1) is 0 Å². The van der Waals surface area contributed by atoms with Gasteiger partial charge in [-0.3, -0.25) is 4.79 Å². The molecule has 0 saturated carbocycles. The van der Waals surface area contributed by atoms with Crippen LogP contribution in [0.5, 0.6) is 5.75 Å². The molecule has 0 aromatic heterocycles. The van der Waals surface area contributed by atoms with E-state index in [0.29, 0.717) is 17.2 Å². The highest BCUT2D eigenvalue weighted by atomic mass is 79.9. The minimum Gasteiger partial charge on any atom is -0.494 e. The zero-order valence-electron chi connectivity index (χ0n) is 12.7. The molecule has 0 heterocycles. The summed E-state index contributed by atoms with van der Waals surface area (Å²) in [6, 6.07) is 14.6. The van der Waals surface area contributed by atoms with Crippen LogP contribution in [0.15, 0.2) is 54.6 Å². The van der Waals surface area contributed by atoms with E-state index in [1.54, 1.807) is 30.4 Å². The molecule has 0 saturated heterocycles. The molecule has 2 nitrogen and oxygen atoms in total. The maximum atomic E-state index is 12.1. The molecular weight excluding hydrogens is 376 g/mol. The lowest BCUT2D eigenvalue weighted by molar-refractivity contribution is 0.104. The molecule has 0 bridgehead atoms. The van der Waals surface area contributed by atoms with Crippen LogP contribution in [-0.2, 0) is 0 Å². The van der Waals surface area contributed by atoms with E-state index in [4.69, 9.17) is 16.3 Å². The van der Waals surface area contributed by atoms with E-state index in [2.05, 4.69) is 15.9 Å². The first-order chi connectivity index (χ1) is 11.2. The van der Waals surface area contributed by atoms with Gasteiger partial charge in [0, 0.05) is 15.9 Å². The summed E-state index contributed by atoms with van der Waals surface area (Å²) in [6.45, 7) is 0.688. The van der Waals surface area contributed by atoms with Gasteiger partial charge in [-0.2, -0.15) is 0 Å². The van der Waals surface area contributed by atoms with E-state index in [1.807, 2.05) is 30.3 Å². The Morgan fingerprint density at radius 2 is 1.91 bits per heavy atom. The molecule has 4 heteroatoms. The van der Waals surface area contributed by atoms with Crippen molar-refractivity contribution in [2.75, 3.05) is 11.9 Å². The number of carbonyl (C=O) groups excluding carboxylic acids is 1. The van der Waals surface area contributed by atoms with Crippen LogP contribution in [0.2, 0.25) is 5.02 Å². The lowest BCUT2D eigenvalue weighted by Crippen LogP contribution is -1.99. The summed E-state index contributed by atoms with van der Waals surface area (Å²) in [7, 11) is 0. The number of benzene rings is 2. The highest BCUT2D eigenvalue weighted by Crippen LogP contribution is 2.15. The molecule has 2 aromatic carbocycles. The van der Waals surface area contributed by atoms with Crippen molar-refractivity contribution < 1.29 is 9.53 Å². The zero-order valence-corrected chi connectivity index (χ0v) is 15.0. The van der Waals surface area contributed by atoms with Crippen molar-refractivity contribution in [3.8, 4) is 5.75 Å². The summed E-state index contributed by atoms with van der Waals surface area (Å²) in [5.74, 6) is 0.741. The number of rotatable bonds is 8. The zero-order chi connectivity index (χ0) is 16.5. The predicted molar refractivity (Wildman–Crippen MR) is 99.8 cm³/mol. The molecule has 0 aliphatic rings. The monoisotopic (exact) mass is 392 g/mol. The van der Waals surface area contributed by atoms with Crippen molar-refractivity contribution in [2.45, 2.75) is 12.8 Å². The van der Waals surface area contributed by atoms with Gasteiger partial charge in [0.2, 0.25) is 0 Å². The maximum absolute atomic E-state index is 12.1. The topological polar surface area (TPSA) is 26.3 Å². The molecule has 2 rings (SSSR count). The molecule has 0 amide bonds. The molecule has 0 N–H and O–H groups in total. The Morgan fingerprint density at radius 1 is 1.13 bits per heavy atom. The molecule has 23 heavy (non-hydrogen) atoms. The normalized spacial score (nSPS) is 10.9. The number of ether oxygens (including phenoxy) is 1. The van der Waals surface area contributed by atoms with Crippen LogP contribution in [-0.4, -0.2) is 17.7 Å². The summed E-state index contributed by atoms with van der Waals surface area (Å²) in [6.07, 6.45) is 5.41. The maximum Gasteiger partial charge on any atom is 0.185 e. The summed E-state index contributed by atoms with van der Waals surface area (Å²) in [5, 5.41) is 1.64. The highest BCUT2D eigenvalue weighted by molar-refractivity contribution is 9.09. The first-order valence-electron chi connectivity index (χ1n) is 7.46. The van der Waals surface area contributed by atoms with Gasteiger partial charge in [0.15, 0.2) is 5.78 Å². The van der Waals surface area contributed by atoms with Gasteiger partial charge >= 0.3 is 0 Å². The standard InChI is InChI=1S/C19H18BrClO2/c20-12-1-2-13-23-18-9-7-16(8-10-18)19(22)11-6-15-4-3-5-17(21)14-15/h3-11,14H,1-2,12-13H2. The first kappa shape index (κ1) is 17.8. The second kappa shape index (κ2) is 9.53. The molecule has 0 unspecified atom stereocenters. The number of halogens is 2. The first-order valence-corrected chi connectivity index (χ1v) is 8.96.